The number of carbonyl (C=O) groups excluding carboxylic acids is 2. The van der Waals surface area contributed by atoms with E-state index in [0.29, 0.717) is 12.6 Å². The topological polar surface area (TPSA) is 152 Å². The Morgan fingerprint density at radius 2 is 1.82 bits per heavy atom. The van der Waals surface area contributed by atoms with Crippen molar-refractivity contribution in [2.75, 3.05) is 20.3 Å². The number of carbonyl (C=O) groups is 2. The number of aliphatic hydroxyl groups is 4. The monoisotopic (exact) mass is 324 g/mol. The van der Waals surface area contributed by atoms with Crippen molar-refractivity contribution >= 4 is 12.6 Å². The van der Waals surface area contributed by atoms with E-state index in [-0.39, 0.29) is 0 Å². The van der Waals surface area contributed by atoms with Crippen LogP contribution in [-0.2, 0) is 28.5 Å². The highest BCUT2D eigenvalue weighted by atomic mass is 16.7. The normalized spacial score (nSPS) is 34.9. The van der Waals surface area contributed by atoms with Gasteiger partial charge in [0.1, 0.15) is 30.5 Å². The maximum absolute atomic E-state index is 10.9. The van der Waals surface area contributed by atoms with Gasteiger partial charge in [-0.3, -0.25) is 4.79 Å². The molecule has 0 saturated carbocycles. The smallest absolute Gasteiger partial charge is 0.215 e. The van der Waals surface area contributed by atoms with Crippen LogP contribution in [0.15, 0.2) is 0 Å². The average molecular weight is 324 g/mol. The predicted molar refractivity (Wildman–Crippen MR) is 67.5 cm³/mol. The van der Waals surface area contributed by atoms with Crippen molar-refractivity contribution in [3.63, 3.8) is 0 Å². The van der Waals surface area contributed by atoms with Crippen LogP contribution in [0.4, 0.5) is 0 Å². The summed E-state index contributed by atoms with van der Waals surface area (Å²) in [4.78, 5) is 21.4. The van der Waals surface area contributed by atoms with E-state index in [1.54, 1.807) is 0 Å². The highest BCUT2D eigenvalue weighted by Gasteiger charge is 2.44. The third kappa shape index (κ3) is 4.76. The Balaban J connectivity index is 2.57. The zero-order valence-electron chi connectivity index (χ0n) is 11.8. The van der Waals surface area contributed by atoms with Gasteiger partial charge in [0, 0.05) is 7.11 Å². The van der Waals surface area contributed by atoms with Crippen LogP contribution in [0, 0.1) is 0 Å². The van der Waals surface area contributed by atoms with Crippen LogP contribution in [-0.4, -0.2) is 96.4 Å². The van der Waals surface area contributed by atoms with Crippen LogP contribution < -0.4 is 0 Å². The first kappa shape index (κ1) is 19.1. The number of aldehydes is 2. The Bertz CT molecular complexity index is 349. The number of aliphatic hydroxyl groups excluding tert-OH is 4. The highest BCUT2D eigenvalue weighted by molar-refractivity contribution is 5.58. The second-order valence-corrected chi connectivity index (χ2v) is 4.58. The number of hydrogen-bond acceptors (Lipinski definition) is 10. The van der Waals surface area contributed by atoms with Gasteiger partial charge in [-0.1, -0.05) is 0 Å². The van der Waals surface area contributed by atoms with Gasteiger partial charge in [0.2, 0.25) is 6.29 Å². The van der Waals surface area contributed by atoms with Gasteiger partial charge in [0.15, 0.2) is 18.9 Å². The second-order valence-electron chi connectivity index (χ2n) is 4.58. The largest absolute Gasteiger partial charge is 0.394 e. The van der Waals surface area contributed by atoms with Crippen molar-refractivity contribution in [2.24, 2.45) is 0 Å². The van der Waals surface area contributed by atoms with Crippen molar-refractivity contribution in [3.8, 4) is 0 Å². The minimum Gasteiger partial charge on any atom is -0.394 e. The zero-order valence-corrected chi connectivity index (χ0v) is 11.8. The maximum Gasteiger partial charge on any atom is 0.215 e. The van der Waals surface area contributed by atoms with E-state index in [0.717, 1.165) is 0 Å². The lowest BCUT2D eigenvalue weighted by Crippen LogP contribution is -2.59. The van der Waals surface area contributed by atoms with E-state index < -0.39 is 56.3 Å². The van der Waals surface area contributed by atoms with Crippen LogP contribution >= 0.6 is 0 Å². The Hall–Kier alpha value is -0.980. The van der Waals surface area contributed by atoms with Crippen LogP contribution in [0.25, 0.3) is 0 Å². The standard InChI is InChI=1S/C12H20O10/c1-19-8(4-15)21-6(2-13)5-20-12-11(18)10(17)9(16)7(3-14)22-12/h2,4,6-12,14,16-18H,3,5H2,1H3. The fourth-order valence-corrected chi connectivity index (χ4v) is 1.82. The maximum atomic E-state index is 10.9. The van der Waals surface area contributed by atoms with E-state index in [1.165, 1.54) is 7.11 Å². The summed E-state index contributed by atoms with van der Waals surface area (Å²) in [5, 5.41) is 37.9. The van der Waals surface area contributed by atoms with Crippen molar-refractivity contribution in [3.05, 3.63) is 0 Å². The molecule has 7 atom stereocenters. The molecule has 1 aliphatic rings. The van der Waals surface area contributed by atoms with Gasteiger partial charge in [-0.05, 0) is 0 Å². The molecule has 7 unspecified atom stereocenters. The second kappa shape index (κ2) is 9.22. The molecule has 10 nitrogen and oxygen atoms in total. The molecule has 0 spiro atoms. The van der Waals surface area contributed by atoms with Gasteiger partial charge < -0.3 is 44.2 Å². The molecule has 0 aliphatic carbocycles. The first-order valence-electron chi connectivity index (χ1n) is 6.49. The molecule has 0 aromatic rings. The Morgan fingerprint density at radius 1 is 1.14 bits per heavy atom. The first-order valence-corrected chi connectivity index (χ1v) is 6.49. The lowest BCUT2D eigenvalue weighted by atomic mass is 9.99. The molecule has 128 valence electrons. The van der Waals surface area contributed by atoms with Crippen LogP contribution in [0.1, 0.15) is 0 Å². The van der Waals surface area contributed by atoms with E-state index in [9.17, 15) is 24.9 Å². The molecule has 0 amide bonds. The predicted octanol–water partition coefficient (Wildman–Crippen LogP) is -3.44. The minimum absolute atomic E-state index is 0.338. The van der Waals surface area contributed by atoms with Crippen LogP contribution in [0.2, 0.25) is 0 Å². The summed E-state index contributed by atoms with van der Waals surface area (Å²) in [5.74, 6) is 0. The fourth-order valence-electron chi connectivity index (χ4n) is 1.82. The van der Waals surface area contributed by atoms with E-state index in [2.05, 4.69) is 4.74 Å². The molecule has 1 rings (SSSR count). The summed E-state index contributed by atoms with van der Waals surface area (Å²) in [6.45, 7) is -1.00. The molecule has 0 radical (unpaired) electrons. The van der Waals surface area contributed by atoms with E-state index in [4.69, 9.17) is 19.3 Å². The van der Waals surface area contributed by atoms with Crippen molar-refractivity contribution in [1.82, 2.24) is 0 Å². The number of methoxy groups -OCH3 is 1. The minimum atomic E-state index is -1.59. The van der Waals surface area contributed by atoms with Gasteiger partial charge in [-0.15, -0.1) is 0 Å². The fraction of sp³-hybridized carbons (Fsp3) is 0.833. The first-order chi connectivity index (χ1) is 10.5. The number of hydrogen-bond donors (Lipinski definition) is 4. The van der Waals surface area contributed by atoms with Crippen molar-refractivity contribution in [2.45, 2.75) is 43.1 Å². The lowest BCUT2D eigenvalue weighted by molar-refractivity contribution is -0.305. The Kier molecular flexibility index (Phi) is 8.00. The summed E-state index contributed by atoms with van der Waals surface area (Å²) < 4.78 is 19.7. The molecule has 1 heterocycles. The number of ether oxygens (including phenoxy) is 4. The molecule has 0 aromatic carbocycles. The van der Waals surface area contributed by atoms with Crippen molar-refractivity contribution in [1.29, 1.82) is 0 Å². The van der Waals surface area contributed by atoms with Crippen LogP contribution in [0.3, 0.4) is 0 Å². The zero-order chi connectivity index (χ0) is 16.7. The molecule has 1 fully saturated rings. The number of rotatable bonds is 9. The highest BCUT2D eigenvalue weighted by Crippen LogP contribution is 2.22. The third-order valence-corrected chi connectivity index (χ3v) is 3.08. The van der Waals surface area contributed by atoms with E-state index in [1.807, 2.05) is 0 Å². The molecule has 0 aromatic heterocycles. The van der Waals surface area contributed by atoms with E-state index >= 15 is 0 Å². The van der Waals surface area contributed by atoms with Crippen LogP contribution in [0.5, 0.6) is 0 Å². The molecule has 4 N–H and O–H groups in total. The SMILES string of the molecule is COC(C=O)OC(C=O)COC1OC(CO)C(O)C(O)C1O. The molecular formula is C12H20O10. The molecule has 1 aliphatic heterocycles. The molecular weight excluding hydrogens is 304 g/mol. The van der Waals surface area contributed by atoms with Gasteiger partial charge >= 0.3 is 0 Å². The van der Waals surface area contributed by atoms with Gasteiger partial charge in [0.25, 0.3) is 0 Å². The summed E-state index contributed by atoms with van der Waals surface area (Å²) in [6.07, 6.45) is -8.94. The average Bonchev–Trinajstić information content (AvgIpc) is 2.54. The molecule has 10 heteroatoms. The van der Waals surface area contributed by atoms with Crippen molar-refractivity contribution < 1.29 is 49.0 Å². The summed E-state index contributed by atoms with van der Waals surface area (Å²) in [6, 6.07) is 0. The van der Waals surface area contributed by atoms with Gasteiger partial charge in [-0.2, -0.15) is 0 Å². The molecule has 1 saturated heterocycles. The quantitative estimate of drug-likeness (QED) is 0.249. The Morgan fingerprint density at radius 3 is 2.32 bits per heavy atom. The summed E-state index contributed by atoms with van der Waals surface area (Å²) in [7, 11) is 1.21. The summed E-state index contributed by atoms with van der Waals surface area (Å²) in [5.41, 5.74) is 0. The molecule has 0 bridgehead atoms. The van der Waals surface area contributed by atoms with Gasteiger partial charge in [-0.25, -0.2) is 0 Å². The lowest BCUT2D eigenvalue weighted by Gasteiger charge is -2.39. The third-order valence-electron chi connectivity index (χ3n) is 3.08. The Labute approximate surface area is 126 Å². The summed E-state index contributed by atoms with van der Waals surface area (Å²) >= 11 is 0. The van der Waals surface area contributed by atoms with Gasteiger partial charge in [0.05, 0.1) is 13.2 Å². The molecule has 22 heavy (non-hydrogen) atoms.